The van der Waals surface area contributed by atoms with E-state index < -0.39 is 0 Å². The van der Waals surface area contributed by atoms with Gasteiger partial charge in [-0.05, 0) is 49.7 Å². The molecule has 0 atom stereocenters. The molecule has 2 aromatic rings. The van der Waals surface area contributed by atoms with Crippen LogP contribution in [0.5, 0.6) is 0 Å². The largest absolute Gasteiger partial charge is 0.378 e. The number of piperidine rings is 1. The standard InChI is InChI=1S/C25H30N4O3/c30-22-20-5-6-25(21(20)26-24(27-22)29-11-13-32-14-12-29)7-9-28(10-8-25)23(31)19-15-17-3-1-2-4-18(17)16-19/h1-4,19H,5-16H2,(H,26,27,30). The Kier molecular flexibility index (Phi) is 4.82. The van der Waals surface area contributed by atoms with Gasteiger partial charge in [-0.1, -0.05) is 24.3 Å². The predicted octanol–water partition coefficient (Wildman–Crippen LogP) is 1.83. The highest BCUT2D eigenvalue weighted by atomic mass is 16.5. The van der Waals surface area contributed by atoms with Crippen molar-refractivity contribution in [1.29, 1.82) is 0 Å². The fourth-order valence-electron chi connectivity index (χ4n) is 6.20. The molecule has 168 valence electrons. The highest BCUT2D eigenvalue weighted by Crippen LogP contribution is 2.45. The summed E-state index contributed by atoms with van der Waals surface area (Å²) in [6.07, 6.45) is 5.25. The second-order valence-electron chi connectivity index (χ2n) is 9.80. The van der Waals surface area contributed by atoms with Gasteiger partial charge in [-0.3, -0.25) is 14.6 Å². The summed E-state index contributed by atoms with van der Waals surface area (Å²) in [5.74, 6) is 1.05. The first-order valence-electron chi connectivity index (χ1n) is 11.9. The maximum atomic E-state index is 13.3. The molecule has 7 heteroatoms. The molecule has 1 N–H and O–H groups in total. The van der Waals surface area contributed by atoms with Gasteiger partial charge in [0.25, 0.3) is 5.56 Å². The van der Waals surface area contributed by atoms with E-state index in [0.29, 0.717) is 25.1 Å². The third-order valence-corrected chi connectivity index (χ3v) is 8.10. The zero-order chi connectivity index (χ0) is 21.7. The van der Waals surface area contributed by atoms with Crippen LogP contribution in [0.25, 0.3) is 0 Å². The van der Waals surface area contributed by atoms with Crippen molar-refractivity contribution in [2.45, 2.75) is 43.9 Å². The minimum Gasteiger partial charge on any atom is -0.378 e. The summed E-state index contributed by atoms with van der Waals surface area (Å²) in [7, 11) is 0. The molecular weight excluding hydrogens is 404 g/mol. The minimum atomic E-state index is -0.0694. The number of H-pyrrole nitrogens is 1. The number of benzene rings is 1. The molecular formula is C25H30N4O3. The number of carbonyl (C=O) groups excluding carboxylic acids is 1. The molecule has 7 nitrogen and oxygen atoms in total. The number of aromatic amines is 1. The van der Waals surface area contributed by atoms with Gasteiger partial charge in [0.15, 0.2) is 0 Å². The number of ether oxygens (including phenoxy) is 1. The molecule has 2 aliphatic carbocycles. The molecule has 32 heavy (non-hydrogen) atoms. The van der Waals surface area contributed by atoms with E-state index in [1.54, 1.807) is 0 Å². The van der Waals surface area contributed by atoms with E-state index >= 15 is 0 Å². The smallest absolute Gasteiger partial charge is 0.255 e. The Morgan fingerprint density at radius 2 is 1.72 bits per heavy atom. The van der Waals surface area contributed by atoms with E-state index in [-0.39, 0.29) is 16.9 Å². The zero-order valence-corrected chi connectivity index (χ0v) is 18.4. The predicted molar refractivity (Wildman–Crippen MR) is 121 cm³/mol. The molecule has 6 rings (SSSR count). The molecule has 4 aliphatic rings. The summed E-state index contributed by atoms with van der Waals surface area (Å²) in [6, 6.07) is 8.43. The molecule has 2 fully saturated rings. The van der Waals surface area contributed by atoms with Crippen LogP contribution in [-0.2, 0) is 34.2 Å². The SMILES string of the molecule is O=C(C1Cc2ccccc2C1)N1CCC2(CCc3c2nc(N2CCOCC2)[nH]c3=O)CC1. The monoisotopic (exact) mass is 434 g/mol. The first kappa shape index (κ1) is 20.0. The molecule has 1 spiro atoms. The Labute approximate surface area is 187 Å². The lowest BCUT2D eigenvalue weighted by Gasteiger charge is -2.40. The number of likely N-dealkylation sites (tertiary alicyclic amines) is 1. The Bertz CT molecular complexity index is 1070. The van der Waals surface area contributed by atoms with Crippen LogP contribution in [0.1, 0.15) is 41.6 Å². The molecule has 2 saturated heterocycles. The van der Waals surface area contributed by atoms with Crippen LogP contribution in [0.15, 0.2) is 29.1 Å². The van der Waals surface area contributed by atoms with Crippen molar-refractivity contribution >= 4 is 11.9 Å². The number of aromatic nitrogens is 2. The van der Waals surface area contributed by atoms with E-state index in [4.69, 9.17) is 9.72 Å². The quantitative estimate of drug-likeness (QED) is 0.780. The molecule has 0 radical (unpaired) electrons. The first-order chi connectivity index (χ1) is 15.6. The Morgan fingerprint density at radius 1 is 1.03 bits per heavy atom. The van der Waals surface area contributed by atoms with Crippen molar-refractivity contribution in [3.63, 3.8) is 0 Å². The van der Waals surface area contributed by atoms with Crippen LogP contribution < -0.4 is 10.5 Å². The van der Waals surface area contributed by atoms with Crippen molar-refractivity contribution in [3.05, 3.63) is 57.0 Å². The normalized spacial score (nSPS) is 22.2. The summed E-state index contributed by atoms with van der Waals surface area (Å²) < 4.78 is 5.45. The fraction of sp³-hybridized carbons (Fsp3) is 0.560. The second kappa shape index (κ2) is 7.73. The number of nitrogens with one attached hydrogen (secondary N) is 1. The third kappa shape index (κ3) is 3.25. The van der Waals surface area contributed by atoms with Crippen LogP contribution in [0.2, 0.25) is 0 Å². The third-order valence-electron chi connectivity index (χ3n) is 8.10. The van der Waals surface area contributed by atoms with Gasteiger partial charge in [-0.2, -0.15) is 0 Å². The topological polar surface area (TPSA) is 78.5 Å². The lowest BCUT2D eigenvalue weighted by molar-refractivity contribution is -0.136. The van der Waals surface area contributed by atoms with Gasteiger partial charge >= 0.3 is 0 Å². The number of anilines is 1. The number of carbonyl (C=O) groups is 1. The van der Waals surface area contributed by atoms with Gasteiger partial charge in [0.05, 0.1) is 18.9 Å². The van der Waals surface area contributed by atoms with Gasteiger partial charge < -0.3 is 14.5 Å². The summed E-state index contributed by atoms with van der Waals surface area (Å²) in [6.45, 7) is 4.34. The lowest BCUT2D eigenvalue weighted by atomic mass is 9.76. The molecule has 2 aliphatic heterocycles. The van der Waals surface area contributed by atoms with E-state index in [1.807, 2.05) is 0 Å². The van der Waals surface area contributed by atoms with Gasteiger partial charge in [0.2, 0.25) is 11.9 Å². The van der Waals surface area contributed by atoms with E-state index in [9.17, 15) is 9.59 Å². The molecule has 0 unspecified atom stereocenters. The maximum absolute atomic E-state index is 13.3. The van der Waals surface area contributed by atoms with E-state index in [0.717, 1.165) is 76.0 Å². The van der Waals surface area contributed by atoms with Gasteiger partial charge in [-0.25, -0.2) is 4.98 Å². The summed E-state index contributed by atoms with van der Waals surface area (Å²) in [4.78, 5) is 38.3. The number of fused-ring (bicyclic) bond motifs is 3. The van der Waals surface area contributed by atoms with Crippen LogP contribution in [-0.4, -0.2) is 60.2 Å². The van der Waals surface area contributed by atoms with Crippen molar-refractivity contribution in [2.24, 2.45) is 5.92 Å². The first-order valence-corrected chi connectivity index (χ1v) is 11.9. The van der Waals surface area contributed by atoms with Crippen molar-refractivity contribution in [3.8, 4) is 0 Å². The van der Waals surface area contributed by atoms with Crippen molar-refractivity contribution < 1.29 is 9.53 Å². The second-order valence-corrected chi connectivity index (χ2v) is 9.80. The molecule has 3 heterocycles. The average molecular weight is 435 g/mol. The molecule has 1 aromatic heterocycles. The summed E-state index contributed by atoms with van der Waals surface area (Å²) >= 11 is 0. The zero-order valence-electron chi connectivity index (χ0n) is 18.4. The Balaban J connectivity index is 1.19. The number of hydrogen-bond acceptors (Lipinski definition) is 5. The number of hydrogen-bond donors (Lipinski definition) is 1. The minimum absolute atomic E-state index is 0.00981. The van der Waals surface area contributed by atoms with Crippen LogP contribution in [0.3, 0.4) is 0 Å². The van der Waals surface area contributed by atoms with Gasteiger partial charge in [0, 0.05) is 43.1 Å². The molecule has 0 bridgehead atoms. The Hall–Kier alpha value is -2.67. The Morgan fingerprint density at radius 3 is 2.41 bits per heavy atom. The summed E-state index contributed by atoms with van der Waals surface area (Å²) in [5, 5.41) is 0. The number of rotatable bonds is 2. The number of morpholine rings is 1. The molecule has 1 aromatic carbocycles. The van der Waals surface area contributed by atoms with E-state index in [2.05, 4.69) is 39.0 Å². The van der Waals surface area contributed by atoms with Crippen molar-refractivity contribution in [1.82, 2.24) is 14.9 Å². The maximum Gasteiger partial charge on any atom is 0.255 e. The fourth-order valence-corrected chi connectivity index (χ4v) is 6.20. The van der Waals surface area contributed by atoms with Gasteiger partial charge in [0.1, 0.15) is 0 Å². The highest BCUT2D eigenvalue weighted by Gasteiger charge is 2.45. The summed E-state index contributed by atoms with van der Waals surface area (Å²) in [5.41, 5.74) is 4.43. The van der Waals surface area contributed by atoms with Crippen molar-refractivity contribution in [2.75, 3.05) is 44.3 Å². The lowest BCUT2D eigenvalue weighted by Crippen LogP contribution is -2.47. The highest BCUT2D eigenvalue weighted by molar-refractivity contribution is 5.80. The average Bonchev–Trinajstić information content (AvgIpc) is 3.42. The van der Waals surface area contributed by atoms with Crippen LogP contribution >= 0.6 is 0 Å². The molecule has 0 saturated carbocycles. The number of amides is 1. The van der Waals surface area contributed by atoms with Gasteiger partial charge in [-0.15, -0.1) is 0 Å². The van der Waals surface area contributed by atoms with E-state index in [1.165, 1.54) is 11.1 Å². The number of nitrogens with zero attached hydrogens (tertiary/aromatic N) is 3. The van der Waals surface area contributed by atoms with Crippen LogP contribution in [0.4, 0.5) is 5.95 Å². The van der Waals surface area contributed by atoms with Crippen LogP contribution in [0, 0.1) is 5.92 Å². The molecule has 1 amide bonds.